The number of rotatable bonds is 6. The van der Waals surface area contributed by atoms with Crippen molar-refractivity contribution in [3.8, 4) is 0 Å². The average Bonchev–Trinajstić information content (AvgIpc) is 3.12. The van der Waals surface area contributed by atoms with Gasteiger partial charge >= 0.3 is 0 Å². The molecule has 19 heavy (non-hydrogen) atoms. The van der Waals surface area contributed by atoms with E-state index in [1.165, 1.54) is 11.1 Å². The number of carbonyl (C=O) groups excluding carboxylic acids is 1. The summed E-state index contributed by atoms with van der Waals surface area (Å²) < 4.78 is 0. The second-order valence-corrected chi connectivity index (χ2v) is 5.85. The zero-order chi connectivity index (χ0) is 13.9. The van der Waals surface area contributed by atoms with Crippen LogP contribution in [-0.2, 0) is 11.2 Å². The summed E-state index contributed by atoms with van der Waals surface area (Å²) in [6, 6.07) is 6.16. The van der Waals surface area contributed by atoms with Gasteiger partial charge in [0.1, 0.15) is 0 Å². The number of nitrogens with one attached hydrogen (secondary N) is 1. The molecule has 0 bridgehead atoms. The number of aliphatic hydroxyl groups excluding tert-OH is 1. The van der Waals surface area contributed by atoms with E-state index in [-0.39, 0.29) is 17.9 Å². The van der Waals surface area contributed by atoms with Gasteiger partial charge in [-0.3, -0.25) is 4.79 Å². The van der Waals surface area contributed by atoms with Gasteiger partial charge in [0.25, 0.3) is 0 Å². The Labute approximate surface area is 115 Å². The van der Waals surface area contributed by atoms with Crippen molar-refractivity contribution in [3.63, 3.8) is 0 Å². The summed E-state index contributed by atoms with van der Waals surface area (Å²) in [5.74, 6) is 0.0764. The quantitative estimate of drug-likeness (QED) is 0.824. The summed E-state index contributed by atoms with van der Waals surface area (Å²) in [5.41, 5.74) is 3.73. The first-order valence-corrected chi connectivity index (χ1v) is 6.98. The number of aryl methyl sites for hydroxylation is 2. The largest absolute Gasteiger partial charge is 0.396 e. The van der Waals surface area contributed by atoms with Crippen LogP contribution < -0.4 is 5.32 Å². The van der Waals surface area contributed by atoms with Gasteiger partial charge in [-0.25, -0.2) is 0 Å². The van der Waals surface area contributed by atoms with Crippen molar-refractivity contribution in [3.05, 3.63) is 34.9 Å². The molecule has 1 aliphatic rings. The minimum absolute atomic E-state index is 0.0764. The minimum Gasteiger partial charge on any atom is -0.396 e. The van der Waals surface area contributed by atoms with Gasteiger partial charge in [0.2, 0.25) is 5.91 Å². The Bertz CT molecular complexity index is 464. The van der Waals surface area contributed by atoms with Crippen molar-refractivity contribution in [1.29, 1.82) is 0 Å². The minimum atomic E-state index is 0.0764. The monoisotopic (exact) mass is 261 g/mol. The molecule has 1 aromatic carbocycles. The molecule has 0 atom stereocenters. The normalized spacial score (nSPS) is 16.2. The standard InChI is InChI=1S/C16H23NO2/c1-12-3-4-14(9-13(12)2)10-15(19)17-11-16(5-6-16)7-8-18/h3-4,9,18H,5-8,10-11H2,1-2H3,(H,17,19). The highest BCUT2D eigenvalue weighted by Crippen LogP contribution is 2.47. The molecule has 1 fully saturated rings. The van der Waals surface area contributed by atoms with Gasteiger partial charge in [0.05, 0.1) is 6.42 Å². The molecule has 1 amide bonds. The number of aliphatic hydroxyl groups is 1. The summed E-state index contributed by atoms with van der Waals surface area (Å²) >= 11 is 0. The fourth-order valence-corrected chi connectivity index (χ4v) is 2.38. The highest BCUT2D eigenvalue weighted by molar-refractivity contribution is 5.78. The number of hydrogen-bond acceptors (Lipinski definition) is 2. The maximum Gasteiger partial charge on any atom is 0.224 e. The molecule has 0 spiro atoms. The second-order valence-electron chi connectivity index (χ2n) is 5.85. The molecule has 1 aliphatic carbocycles. The molecular formula is C16H23NO2. The van der Waals surface area contributed by atoms with Crippen LogP contribution in [0.4, 0.5) is 0 Å². The molecular weight excluding hydrogens is 238 g/mol. The Morgan fingerprint density at radius 1 is 1.32 bits per heavy atom. The number of amides is 1. The van der Waals surface area contributed by atoms with Crippen molar-refractivity contribution in [2.45, 2.75) is 39.5 Å². The van der Waals surface area contributed by atoms with Gasteiger partial charge in [-0.2, -0.15) is 0 Å². The predicted octanol–water partition coefficient (Wildman–Crippen LogP) is 2.12. The number of benzene rings is 1. The second kappa shape index (κ2) is 5.74. The van der Waals surface area contributed by atoms with E-state index < -0.39 is 0 Å². The fourth-order valence-electron chi connectivity index (χ4n) is 2.38. The summed E-state index contributed by atoms with van der Waals surface area (Å²) in [7, 11) is 0. The number of carbonyl (C=O) groups is 1. The van der Waals surface area contributed by atoms with E-state index in [1.807, 2.05) is 6.07 Å². The summed E-state index contributed by atoms with van der Waals surface area (Å²) in [4.78, 5) is 11.9. The lowest BCUT2D eigenvalue weighted by molar-refractivity contribution is -0.120. The first kappa shape index (κ1) is 14.1. The molecule has 0 saturated heterocycles. The van der Waals surface area contributed by atoms with E-state index in [1.54, 1.807) is 0 Å². The van der Waals surface area contributed by atoms with Crippen LogP contribution >= 0.6 is 0 Å². The van der Waals surface area contributed by atoms with Crippen LogP contribution in [0.2, 0.25) is 0 Å². The molecule has 1 aromatic rings. The highest BCUT2D eigenvalue weighted by atomic mass is 16.3. The van der Waals surface area contributed by atoms with E-state index in [4.69, 9.17) is 5.11 Å². The third-order valence-corrected chi connectivity index (χ3v) is 4.20. The van der Waals surface area contributed by atoms with E-state index >= 15 is 0 Å². The van der Waals surface area contributed by atoms with Crippen molar-refractivity contribution in [2.24, 2.45) is 5.41 Å². The first-order chi connectivity index (χ1) is 9.04. The lowest BCUT2D eigenvalue weighted by Gasteiger charge is -2.14. The van der Waals surface area contributed by atoms with E-state index in [0.29, 0.717) is 13.0 Å². The van der Waals surface area contributed by atoms with E-state index in [0.717, 1.165) is 24.8 Å². The molecule has 104 valence electrons. The molecule has 2 N–H and O–H groups in total. The SMILES string of the molecule is Cc1ccc(CC(=O)NCC2(CCO)CC2)cc1C. The summed E-state index contributed by atoms with van der Waals surface area (Å²) in [6.45, 7) is 5.06. The maximum atomic E-state index is 11.9. The Balaban J connectivity index is 1.82. The van der Waals surface area contributed by atoms with Crippen molar-refractivity contribution < 1.29 is 9.90 Å². The molecule has 0 heterocycles. The van der Waals surface area contributed by atoms with Crippen LogP contribution in [0.1, 0.15) is 36.0 Å². The van der Waals surface area contributed by atoms with Crippen LogP contribution in [0.15, 0.2) is 18.2 Å². The van der Waals surface area contributed by atoms with Gasteiger partial charge in [-0.1, -0.05) is 18.2 Å². The Morgan fingerprint density at radius 2 is 2.05 bits per heavy atom. The molecule has 2 rings (SSSR count). The zero-order valence-electron chi connectivity index (χ0n) is 11.8. The number of hydrogen-bond donors (Lipinski definition) is 2. The lowest BCUT2D eigenvalue weighted by atomic mass is 10.0. The average molecular weight is 261 g/mol. The predicted molar refractivity (Wildman–Crippen MR) is 76.0 cm³/mol. The zero-order valence-corrected chi connectivity index (χ0v) is 11.8. The van der Waals surface area contributed by atoms with Crippen LogP contribution in [0.3, 0.4) is 0 Å². The van der Waals surface area contributed by atoms with Crippen LogP contribution in [0.25, 0.3) is 0 Å². The van der Waals surface area contributed by atoms with Crippen molar-refractivity contribution in [1.82, 2.24) is 5.32 Å². The van der Waals surface area contributed by atoms with Crippen LogP contribution in [0, 0.1) is 19.3 Å². The van der Waals surface area contributed by atoms with Crippen LogP contribution in [0.5, 0.6) is 0 Å². The molecule has 0 unspecified atom stereocenters. The fraction of sp³-hybridized carbons (Fsp3) is 0.562. The molecule has 3 heteroatoms. The van der Waals surface area contributed by atoms with Gasteiger partial charge in [0, 0.05) is 13.2 Å². The van der Waals surface area contributed by atoms with E-state index in [9.17, 15) is 4.79 Å². The van der Waals surface area contributed by atoms with Gasteiger partial charge in [-0.05, 0) is 55.2 Å². The van der Waals surface area contributed by atoms with E-state index in [2.05, 4.69) is 31.3 Å². The molecule has 0 aromatic heterocycles. The Hall–Kier alpha value is -1.35. The van der Waals surface area contributed by atoms with Gasteiger partial charge in [-0.15, -0.1) is 0 Å². The molecule has 0 aliphatic heterocycles. The van der Waals surface area contributed by atoms with Gasteiger partial charge in [0.15, 0.2) is 0 Å². The van der Waals surface area contributed by atoms with Gasteiger partial charge < -0.3 is 10.4 Å². The first-order valence-electron chi connectivity index (χ1n) is 6.98. The summed E-state index contributed by atoms with van der Waals surface area (Å²) in [5, 5.41) is 12.0. The highest BCUT2D eigenvalue weighted by Gasteiger charge is 2.41. The summed E-state index contributed by atoms with van der Waals surface area (Å²) in [6.07, 6.45) is 3.49. The topological polar surface area (TPSA) is 49.3 Å². The van der Waals surface area contributed by atoms with Crippen LogP contribution in [-0.4, -0.2) is 24.2 Å². The molecule has 1 saturated carbocycles. The molecule has 0 radical (unpaired) electrons. The third-order valence-electron chi connectivity index (χ3n) is 4.20. The molecule has 3 nitrogen and oxygen atoms in total. The lowest BCUT2D eigenvalue weighted by Crippen LogP contribution is -2.31. The smallest absolute Gasteiger partial charge is 0.224 e. The van der Waals surface area contributed by atoms with Crippen molar-refractivity contribution >= 4 is 5.91 Å². The maximum absolute atomic E-state index is 11.9. The third kappa shape index (κ3) is 3.80. The Kier molecular flexibility index (Phi) is 4.25. The Morgan fingerprint density at radius 3 is 2.63 bits per heavy atom. The van der Waals surface area contributed by atoms with Crippen molar-refractivity contribution in [2.75, 3.05) is 13.2 Å².